The molecule has 2 heterocycles. The molecule has 2 rings (SSSR count). The van der Waals surface area contributed by atoms with Crippen LogP contribution in [0.5, 0.6) is 0 Å². The molecule has 1 unspecified atom stereocenters. The minimum atomic E-state index is 0.291. The van der Waals surface area contributed by atoms with Crippen LogP contribution in [0.1, 0.15) is 38.2 Å². The van der Waals surface area contributed by atoms with Crippen LogP contribution in [0.2, 0.25) is 0 Å². The van der Waals surface area contributed by atoms with Gasteiger partial charge in [0.2, 0.25) is 0 Å². The van der Waals surface area contributed by atoms with E-state index in [4.69, 9.17) is 5.11 Å². The monoisotopic (exact) mass is 263 g/mol. The van der Waals surface area contributed by atoms with Crippen LogP contribution in [-0.2, 0) is 6.54 Å². The van der Waals surface area contributed by atoms with Gasteiger partial charge in [-0.25, -0.2) is 4.98 Å². The smallest absolute Gasteiger partial charge is 0.128 e. The lowest BCUT2D eigenvalue weighted by Gasteiger charge is -2.25. The van der Waals surface area contributed by atoms with Gasteiger partial charge in [-0.05, 0) is 43.9 Å². The van der Waals surface area contributed by atoms with Crippen LogP contribution in [0, 0.1) is 0 Å². The van der Waals surface area contributed by atoms with E-state index in [-0.39, 0.29) is 0 Å². The van der Waals surface area contributed by atoms with Gasteiger partial charge in [0.25, 0.3) is 0 Å². The highest BCUT2D eigenvalue weighted by Crippen LogP contribution is 2.26. The van der Waals surface area contributed by atoms with Crippen molar-refractivity contribution < 1.29 is 5.11 Å². The molecule has 1 fully saturated rings. The van der Waals surface area contributed by atoms with Gasteiger partial charge < -0.3 is 15.3 Å². The van der Waals surface area contributed by atoms with Crippen LogP contribution in [0.4, 0.5) is 5.82 Å². The minimum absolute atomic E-state index is 0.291. The van der Waals surface area contributed by atoms with E-state index in [9.17, 15) is 0 Å². The Bertz CT molecular complexity index is 366. The summed E-state index contributed by atoms with van der Waals surface area (Å²) in [5.41, 5.74) is 1.23. The van der Waals surface area contributed by atoms with Crippen LogP contribution < -0.4 is 10.2 Å². The maximum absolute atomic E-state index is 8.96. The van der Waals surface area contributed by atoms with Gasteiger partial charge in [0, 0.05) is 31.9 Å². The zero-order valence-electron chi connectivity index (χ0n) is 11.8. The second-order valence-electron chi connectivity index (χ2n) is 5.16. The lowest BCUT2D eigenvalue weighted by molar-refractivity contribution is 0.279. The Morgan fingerprint density at radius 3 is 3.05 bits per heavy atom. The average molecular weight is 263 g/mol. The number of aliphatic hydroxyl groups is 1. The molecular formula is C15H25N3O. The van der Waals surface area contributed by atoms with Gasteiger partial charge in [0.05, 0.1) is 0 Å². The van der Waals surface area contributed by atoms with E-state index < -0.39 is 0 Å². The molecule has 0 radical (unpaired) electrons. The van der Waals surface area contributed by atoms with Crippen molar-refractivity contribution in [1.29, 1.82) is 0 Å². The first-order valence-corrected chi connectivity index (χ1v) is 7.38. The van der Waals surface area contributed by atoms with Crippen LogP contribution in [0.25, 0.3) is 0 Å². The molecule has 19 heavy (non-hydrogen) atoms. The number of rotatable bonds is 7. The lowest BCUT2D eigenvalue weighted by atomic mass is 10.1. The number of aromatic nitrogens is 1. The fraction of sp³-hybridized carbons (Fsp3) is 0.667. The summed E-state index contributed by atoms with van der Waals surface area (Å²) in [6.45, 7) is 5.36. The molecule has 2 N–H and O–H groups in total. The van der Waals surface area contributed by atoms with Crippen LogP contribution in [0.15, 0.2) is 18.3 Å². The maximum Gasteiger partial charge on any atom is 0.128 e. The third kappa shape index (κ3) is 3.91. The number of hydrogen-bond acceptors (Lipinski definition) is 4. The molecule has 1 aromatic heterocycles. The third-order valence-corrected chi connectivity index (χ3v) is 3.76. The highest BCUT2D eigenvalue weighted by atomic mass is 16.2. The summed E-state index contributed by atoms with van der Waals surface area (Å²) in [5.74, 6) is 1.08. The highest BCUT2D eigenvalue weighted by molar-refractivity contribution is 5.41. The molecule has 0 saturated carbocycles. The van der Waals surface area contributed by atoms with Crippen LogP contribution >= 0.6 is 0 Å². The molecular weight excluding hydrogens is 238 g/mol. The average Bonchev–Trinajstić information content (AvgIpc) is 2.92. The lowest BCUT2D eigenvalue weighted by Crippen LogP contribution is -2.30. The summed E-state index contributed by atoms with van der Waals surface area (Å²) in [5, 5.41) is 12.3. The molecule has 4 heteroatoms. The Balaban J connectivity index is 1.96. The number of anilines is 1. The van der Waals surface area contributed by atoms with Crippen molar-refractivity contribution in [1.82, 2.24) is 10.3 Å². The zero-order valence-corrected chi connectivity index (χ0v) is 11.8. The van der Waals surface area contributed by atoms with Crippen molar-refractivity contribution in [2.75, 3.05) is 24.6 Å². The summed E-state index contributed by atoms with van der Waals surface area (Å²) >= 11 is 0. The molecule has 1 saturated heterocycles. The van der Waals surface area contributed by atoms with Gasteiger partial charge in [0.1, 0.15) is 5.82 Å². The van der Waals surface area contributed by atoms with Gasteiger partial charge in [-0.15, -0.1) is 0 Å². The van der Waals surface area contributed by atoms with E-state index in [0.717, 1.165) is 38.3 Å². The van der Waals surface area contributed by atoms with Gasteiger partial charge in [-0.2, -0.15) is 0 Å². The summed E-state index contributed by atoms with van der Waals surface area (Å²) < 4.78 is 0. The van der Waals surface area contributed by atoms with Gasteiger partial charge in [-0.3, -0.25) is 0 Å². The maximum atomic E-state index is 8.96. The summed E-state index contributed by atoms with van der Waals surface area (Å²) in [6.07, 6.45) is 6.38. The molecule has 4 nitrogen and oxygen atoms in total. The van der Waals surface area contributed by atoms with Gasteiger partial charge in [0.15, 0.2) is 0 Å². The molecule has 1 atom stereocenters. The van der Waals surface area contributed by atoms with Crippen molar-refractivity contribution in [3.63, 3.8) is 0 Å². The Morgan fingerprint density at radius 1 is 1.47 bits per heavy atom. The number of nitrogens with one attached hydrogen (secondary N) is 1. The quantitative estimate of drug-likeness (QED) is 0.789. The summed E-state index contributed by atoms with van der Waals surface area (Å²) in [7, 11) is 0. The van der Waals surface area contributed by atoms with E-state index in [1.54, 1.807) is 0 Å². The van der Waals surface area contributed by atoms with E-state index >= 15 is 0 Å². The standard InChI is InChI=1S/C15H25N3O/c1-2-16-11-13-7-8-15(17-12-13)18-9-3-5-14(18)6-4-10-19/h7-8,12,14,16,19H,2-6,9-11H2,1H3. The van der Waals surface area contributed by atoms with Crippen molar-refractivity contribution in [3.05, 3.63) is 23.9 Å². The Kier molecular flexibility index (Phi) is 5.61. The second-order valence-corrected chi connectivity index (χ2v) is 5.16. The highest BCUT2D eigenvalue weighted by Gasteiger charge is 2.24. The fourth-order valence-corrected chi connectivity index (χ4v) is 2.72. The SMILES string of the molecule is CCNCc1ccc(N2CCCC2CCCO)nc1. The largest absolute Gasteiger partial charge is 0.396 e. The Labute approximate surface area is 115 Å². The first-order valence-electron chi connectivity index (χ1n) is 7.38. The van der Waals surface area contributed by atoms with Crippen LogP contribution in [-0.4, -0.2) is 35.8 Å². The molecule has 1 aliphatic rings. The van der Waals surface area contributed by atoms with E-state index in [1.807, 2.05) is 6.20 Å². The molecule has 0 aliphatic carbocycles. The fourth-order valence-electron chi connectivity index (χ4n) is 2.72. The molecule has 0 amide bonds. The zero-order chi connectivity index (χ0) is 13.5. The van der Waals surface area contributed by atoms with Crippen molar-refractivity contribution >= 4 is 5.82 Å². The topological polar surface area (TPSA) is 48.4 Å². The first-order chi connectivity index (χ1) is 9.35. The van der Waals surface area contributed by atoms with E-state index in [0.29, 0.717) is 12.6 Å². The number of pyridine rings is 1. The van der Waals surface area contributed by atoms with Gasteiger partial charge >= 0.3 is 0 Å². The molecule has 1 aliphatic heterocycles. The predicted molar refractivity (Wildman–Crippen MR) is 78.3 cm³/mol. The molecule has 0 aromatic carbocycles. The normalized spacial score (nSPS) is 19.1. The molecule has 106 valence electrons. The minimum Gasteiger partial charge on any atom is -0.396 e. The summed E-state index contributed by atoms with van der Waals surface area (Å²) in [4.78, 5) is 6.99. The van der Waals surface area contributed by atoms with E-state index in [2.05, 4.69) is 34.3 Å². The third-order valence-electron chi connectivity index (χ3n) is 3.76. The number of aliphatic hydroxyl groups excluding tert-OH is 1. The summed E-state index contributed by atoms with van der Waals surface area (Å²) in [6, 6.07) is 4.84. The van der Waals surface area contributed by atoms with Crippen molar-refractivity contribution in [3.8, 4) is 0 Å². The van der Waals surface area contributed by atoms with Gasteiger partial charge in [-0.1, -0.05) is 13.0 Å². The first kappa shape index (κ1) is 14.3. The molecule has 0 spiro atoms. The Hall–Kier alpha value is -1.13. The van der Waals surface area contributed by atoms with Crippen molar-refractivity contribution in [2.45, 2.75) is 45.2 Å². The molecule has 0 bridgehead atoms. The van der Waals surface area contributed by atoms with Crippen LogP contribution in [0.3, 0.4) is 0 Å². The molecule has 1 aromatic rings. The Morgan fingerprint density at radius 2 is 2.37 bits per heavy atom. The second kappa shape index (κ2) is 7.46. The van der Waals surface area contributed by atoms with Crippen molar-refractivity contribution in [2.24, 2.45) is 0 Å². The number of nitrogens with zero attached hydrogens (tertiary/aromatic N) is 2. The number of hydrogen-bond donors (Lipinski definition) is 2. The van der Waals surface area contributed by atoms with E-state index in [1.165, 1.54) is 18.4 Å². The predicted octanol–water partition coefficient (Wildman–Crippen LogP) is 1.93.